The van der Waals surface area contributed by atoms with Crippen molar-refractivity contribution in [2.45, 2.75) is 32.9 Å². The lowest BCUT2D eigenvalue weighted by atomic mass is 10.1. The van der Waals surface area contributed by atoms with Gasteiger partial charge in [-0.05, 0) is 75.2 Å². The highest BCUT2D eigenvalue weighted by Crippen LogP contribution is 2.31. The van der Waals surface area contributed by atoms with Gasteiger partial charge in [0.2, 0.25) is 5.91 Å². The molecule has 0 saturated heterocycles. The van der Waals surface area contributed by atoms with E-state index in [0.717, 1.165) is 33.7 Å². The first-order valence-corrected chi connectivity index (χ1v) is 12.7. The SMILES string of the molecule is CCOc1ccc(-n2c(SCC(=O)Nc3c(C)cc(C)cc3Cl)nnc2-c2cccc(C)c2)cc1. The number of amides is 1. The Bertz CT molecular complexity index is 1330. The van der Waals surface area contributed by atoms with Gasteiger partial charge < -0.3 is 10.1 Å². The molecule has 0 aliphatic carbocycles. The third kappa shape index (κ3) is 5.86. The van der Waals surface area contributed by atoms with E-state index in [2.05, 4.69) is 21.6 Å². The molecule has 0 atom stereocenters. The van der Waals surface area contributed by atoms with E-state index < -0.39 is 0 Å². The number of benzene rings is 3. The Morgan fingerprint density at radius 2 is 1.80 bits per heavy atom. The van der Waals surface area contributed by atoms with Crippen LogP contribution in [0.2, 0.25) is 5.02 Å². The number of halogens is 1. The first kappa shape index (κ1) is 24.8. The Hall–Kier alpha value is -3.29. The molecule has 0 spiro atoms. The molecule has 35 heavy (non-hydrogen) atoms. The number of nitrogens with zero attached hydrogens (tertiary/aromatic N) is 3. The predicted molar refractivity (Wildman–Crippen MR) is 143 cm³/mol. The monoisotopic (exact) mass is 506 g/mol. The fourth-order valence-electron chi connectivity index (χ4n) is 3.81. The van der Waals surface area contributed by atoms with Crippen LogP contribution >= 0.6 is 23.4 Å². The second-order valence-electron chi connectivity index (χ2n) is 8.21. The van der Waals surface area contributed by atoms with Gasteiger partial charge >= 0.3 is 0 Å². The first-order chi connectivity index (χ1) is 16.9. The number of ether oxygens (including phenoxy) is 1. The average molecular weight is 507 g/mol. The van der Waals surface area contributed by atoms with Crippen molar-refractivity contribution in [1.29, 1.82) is 0 Å². The van der Waals surface area contributed by atoms with E-state index in [0.29, 0.717) is 28.3 Å². The summed E-state index contributed by atoms with van der Waals surface area (Å²) in [5.41, 5.74) is 5.57. The normalized spacial score (nSPS) is 10.9. The number of thioether (sulfide) groups is 1. The predicted octanol–water partition coefficient (Wildman–Crippen LogP) is 6.64. The molecule has 0 bridgehead atoms. The number of aromatic nitrogens is 3. The summed E-state index contributed by atoms with van der Waals surface area (Å²) in [6.07, 6.45) is 0. The Morgan fingerprint density at radius 1 is 1.03 bits per heavy atom. The van der Waals surface area contributed by atoms with Crippen molar-refractivity contribution in [2.75, 3.05) is 17.7 Å². The molecule has 4 aromatic rings. The smallest absolute Gasteiger partial charge is 0.234 e. The molecule has 1 N–H and O–H groups in total. The average Bonchev–Trinajstić information content (AvgIpc) is 3.25. The van der Waals surface area contributed by atoms with Crippen LogP contribution in [0.3, 0.4) is 0 Å². The van der Waals surface area contributed by atoms with Crippen molar-refractivity contribution in [3.8, 4) is 22.8 Å². The Balaban J connectivity index is 1.61. The van der Waals surface area contributed by atoms with Gasteiger partial charge in [0.05, 0.1) is 23.1 Å². The molecule has 8 heteroatoms. The molecular formula is C27H27ClN4O2S. The summed E-state index contributed by atoms with van der Waals surface area (Å²) in [4.78, 5) is 12.8. The molecule has 1 aromatic heterocycles. The summed E-state index contributed by atoms with van der Waals surface area (Å²) in [6, 6.07) is 19.7. The maximum atomic E-state index is 12.8. The fourth-order valence-corrected chi connectivity index (χ4v) is 4.93. The number of rotatable bonds is 8. The van der Waals surface area contributed by atoms with Gasteiger partial charge in [0.1, 0.15) is 5.75 Å². The van der Waals surface area contributed by atoms with Gasteiger partial charge in [-0.15, -0.1) is 10.2 Å². The summed E-state index contributed by atoms with van der Waals surface area (Å²) >= 11 is 7.68. The quantitative estimate of drug-likeness (QED) is 0.271. The summed E-state index contributed by atoms with van der Waals surface area (Å²) in [5.74, 6) is 1.49. The summed E-state index contributed by atoms with van der Waals surface area (Å²) < 4.78 is 7.56. The highest BCUT2D eigenvalue weighted by Gasteiger charge is 2.18. The summed E-state index contributed by atoms with van der Waals surface area (Å²) in [5, 5.41) is 13.0. The lowest BCUT2D eigenvalue weighted by molar-refractivity contribution is -0.113. The van der Waals surface area contributed by atoms with Crippen molar-refractivity contribution in [3.63, 3.8) is 0 Å². The van der Waals surface area contributed by atoms with E-state index in [9.17, 15) is 4.79 Å². The van der Waals surface area contributed by atoms with Gasteiger partial charge in [-0.2, -0.15) is 0 Å². The number of carbonyl (C=O) groups is 1. The molecule has 3 aromatic carbocycles. The van der Waals surface area contributed by atoms with Crippen molar-refractivity contribution in [3.05, 3.63) is 82.4 Å². The van der Waals surface area contributed by atoms with Crippen LogP contribution in [0, 0.1) is 20.8 Å². The van der Waals surface area contributed by atoms with Crippen molar-refractivity contribution >= 4 is 35.0 Å². The summed E-state index contributed by atoms with van der Waals surface area (Å²) in [7, 11) is 0. The van der Waals surface area contributed by atoms with Crippen LogP contribution in [-0.4, -0.2) is 33.0 Å². The van der Waals surface area contributed by atoms with E-state index in [1.807, 2.05) is 86.9 Å². The van der Waals surface area contributed by atoms with Gasteiger partial charge in [-0.25, -0.2) is 0 Å². The summed E-state index contributed by atoms with van der Waals surface area (Å²) in [6.45, 7) is 8.49. The molecule has 1 amide bonds. The zero-order chi connectivity index (χ0) is 24.9. The third-order valence-corrected chi connectivity index (χ3v) is 6.57. The number of carbonyl (C=O) groups excluding carboxylic acids is 1. The minimum Gasteiger partial charge on any atom is -0.494 e. The van der Waals surface area contributed by atoms with Crippen molar-refractivity contribution < 1.29 is 9.53 Å². The molecule has 0 aliphatic heterocycles. The van der Waals surface area contributed by atoms with Gasteiger partial charge in [0, 0.05) is 11.3 Å². The van der Waals surface area contributed by atoms with E-state index in [1.165, 1.54) is 11.8 Å². The first-order valence-electron chi connectivity index (χ1n) is 11.3. The zero-order valence-corrected chi connectivity index (χ0v) is 21.7. The number of hydrogen-bond donors (Lipinski definition) is 1. The number of aryl methyl sites for hydroxylation is 3. The number of anilines is 1. The molecule has 0 saturated carbocycles. The van der Waals surface area contributed by atoms with Crippen LogP contribution < -0.4 is 10.1 Å². The van der Waals surface area contributed by atoms with Crippen LogP contribution in [0.4, 0.5) is 5.69 Å². The van der Waals surface area contributed by atoms with Gasteiger partial charge in [0.15, 0.2) is 11.0 Å². The zero-order valence-electron chi connectivity index (χ0n) is 20.1. The number of hydrogen-bond acceptors (Lipinski definition) is 5. The van der Waals surface area contributed by atoms with Crippen molar-refractivity contribution in [2.24, 2.45) is 0 Å². The molecule has 4 rings (SSSR count). The highest BCUT2D eigenvalue weighted by atomic mass is 35.5. The number of nitrogens with one attached hydrogen (secondary N) is 1. The van der Waals surface area contributed by atoms with Crippen LogP contribution in [0.5, 0.6) is 5.75 Å². The van der Waals surface area contributed by atoms with Crippen LogP contribution in [0.25, 0.3) is 17.1 Å². The second kappa shape index (κ2) is 11.0. The van der Waals surface area contributed by atoms with E-state index >= 15 is 0 Å². The largest absolute Gasteiger partial charge is 0.494 e. The lowest BCUT2D eigenvalue weighted by Gasteiger charge is -2.13. The maximum Gasteiger partial charge on any atom is 0.234 e. The molecular weight excluding hydrogens is 480 g/mol. The molecule has 0 fully saturated rings. The van der Waals surface area contributed by atoms with Gasteiger partial charge in [0.25, 0.3) is 0 Å². The minimum atomic E-state index is -0.165. The van der Waals surface area contributed by atoms with Crippen LogP contribution in [0.1, 0.15) is 23.6 Å². The standard InChI is InChI=1S/C27H27ClN4O2S/c1-5-34-22-11-9-21(10-12-22)32-26(20-8-6-7-17(2)14-20)30-31-27(32)35-16-24(33)29-25-19(4)13-18(3)15-23(25)28/h6-15H,5,16H2,1-4H3,(H,29,33). The fraction of sp³-hybridized carbons (Fsp3) is 0.222. The third-order valence-electron chi connectivity index (χ3n) is 5.34. The van der Waals surface area contributed by atoms with Crippen LogP contribution in [-0.2, 0) is 4.79 Å². The van der Waals surface area contributed by atoms with E-state index in [1.54, 1.807) is 0 Å². The van der Waals surface area contributed by atoms with Crippen molar-refractivity contribution in [1.82, 2.24) is 14.8 Å². The Kier molecular flexibility index (Phi) is 7.78. The molecule has 180 valence electrons. The van der Waals surface area contributed by atoms with Gasteiger partial charge in [-0.3, -0.25) is 9.36 Å². The highest BCUT2D eigenvalue weighted by molar-refractivity contribution is 7.99. The lowest BCUT2D eigenvalue weighted by Crippen LogP contribution is -2.16. The maximum absolute atomic E-state index is 12.8. The van der Waals surface area contributed by atoms with E-state index in [-0.39, 0.29) is 11.7 Å². The molecule has 0 radical (unpaired) electrons. The minimum absolute atomic E-state index is 0.159. The van der Waals surface area contributed by atoms with Crippen LogP contribution in [0.15, 0.2) is 65.8 Å². The Morgan fingerprint density at radius 3 is 2.49 bits per heavy atom. The molecule has 1 heterocycles. The molecule has 6 nitrogen and oxygen atoms in total. The molecule has 0 aliphatic rings. The molecule has 0 unspecified atom stereocenters. The second-order valence-corrected chi connectivity index (χ2v) is 9.56. The Labute approximate surface area is 214 Å². The topological polar surface area (TPSA) is 69.0 Å². The van der Waals surface area contributed by atoms with Gasteiger partial charge in [-0.1, -0.05) is 53.2 Å². The van der Waals surface area contributed by atoms with E-state index in [4.69, 9.17) is 16.3 Å².